The molecule has 1 aromatic carbocycles. The largest absolute Gasteiger partial charge is 0.249 e. The highest BCUT2D eigenvalue weighted by Gasteiger charge is 2.37. The van der Waals surface area contributed by atoms with Gasteiger partial charge in [0.2, 0.25) is 10.0 Å². The lowest BCUT2D eigenvalue weighted by Gasteiger charge is -2.36. The first-order chi connectivity index (χ1) is 9.87. The normalized spacial score (nSPS) is 16.2. The fourth-order valence-corrected chi connectivity index (χ4v) is 4.35. The van der Waals surface area contributed by atoms with E-state index in [1.54, 1.807) is 0 Å². The van der Waals surface area contributed by atoms with Crippen LogP contribution in [0.3, 0.4) is 0 Å². The molecule has 1 saturated carbocycles. The summed E-state index contributed by atoms with van der Waals surface area (Å²) in [4.78, 5) is -1.06. The third-order valence-corrected chi connectivity index (χ3v) is 6.09. The van der Waals surface area contributed by atoms with Crippen LogP contribution in [-0.4, -0.2) is 30.6 Å². The Bertz CT molecular complexity index is 597. The van der Waals surface area contributed by atoms with Crippen molar-refractivity contribution in [2.45, 2.75) is 36.6 Å². The second-order valence-electron chi connectivity index (χ2n) is 4.94. The molecular formula is C13H15BrF3NO2S. The standard InChI is InChI=1S/C13H15BrF3NO2S/c14-5-2-6-18(10-3-1-4-10)21(19,20)13-11(16)7-9(15)8-12(13)17/h7-8,10H,1-6H2. The maximum absolute atomic E-state index is 13.8. The molecule has 118 valence electrons. The molecule has 0 aliphatic heterocycles. The highest BCUT2D eigenvalue weighted by atomic mass is 79.9. The third-order valence-electron chi connectivity index (χ3n) is 3.52. The molecule has 8 heteroatoms. The molecule has 0 saturated heterocycles. The lowest BCUT2D eigenvalue weighted by atomic mass is 9.93. The van der Waals surface area contributed by atoms with Gasteiger partial charge in [0.1, 0.15) is 17.5 Å². The molecule has 0 aromatic heterocycles. The Hall–Kier alpha value is -0.600. The molecular weight excluding hydrogens is 371 g/mol. The van der Waals surface area contributed by atoms with Gasteiger partial charge in [-0.05, 0) is 19.3 Å². The molecule has 1 fully saturated rings. The Morgan fingerprint density at radius 2 is 1.76 bits per heavy atom. The topological polar surface area (TPSA) is 37.4 Å². The van der Waals surface area contributed by atoms with E-state index in [9.17, 15) is 21.6 Å². The number of rotatable bonds is 6. The van der Waals surface area contributed by atoms with E-state index in [2.05, 4.69) is 15.9 Å². The maximum atomic E-state index is 13.8. The third kappa shape index (κ3) is 3.43. The van der Waals surface area contributed by atoms with E-state index in [0.717, 1.165) is 10.7 Å². The predicted molar refractivity (Wildman–Crippen MR) is 76.3 cm³/mol. The van der Waals surface area contributed by atoms with E-state index in [0.29, 0.717) is 36.7 Å². The average Bonchev–Trinajstić information content (AvgIpc) is 2.29. The van der Waals surface area contributed by atoms with Crippen LogP contribution in [0, 0.1) is 17.5 Å². The van der Waals surface area contributed by atoms with Crippen LogP contribution in [0.5, 0.6) is 0 Å². The molecule has 0 N–H and O–H groups in total. The summed E-state index contributed by atoms with van der Waals surface area (Å²) in [7, 11) is -4.32. The van der Waals surface area contributed by atoms with Crippen LogP contribution in [-0.2, 0) is 10.0 Å². The van der Waals surface area contributed by atoms with Crippen LogP contribution in [0.25, 0.3) is 0 Å². The summed E-state index contributed by atoms with van der Waals surface area (Å²) < 4.78 is 66.7. The zero-order chi connectivity index (χ0) is 15.6. The molecule has 1 aromatic rings. The van der Waals surface area contributed by atoms with Gasteiger partial charge in [0.25, 0.3) is 0 Å². The monoisotopic (exact) mass is 385 g/mol. The van der Waals surface area contributed by atoms with Gasteiger partial charge < -0.3 is 0 Å². The van der Waals surface area contributed by atoms with Gasteiger partial charge in [-0.15, -0.1) is 0 Å². The summed E-state index contributed by atoms with van der Waals surface area (Å²) in [5, 5.41) is 0.583. The molecule has 1 aliphatic carbocycles. The van der Waals surface area contributed by atoms with E-state index in [1.807, 2.05) is 0 Å². The van der Waals surface area contributed by atoms with Gasteiger partial charge in [0, 0.05) is 30.0 Å². The van der Waals surface area contributed by atoms with Gasteiger partial charge >= 0.3 is 0 Å². The number of hydrogen-bond acceptors (Lipinski definition) is 2. The van der Waals surface area contributed by atoms with Crippen LogP contribution in [0.2, 0.25) is 0 Å². The first-order valence-corrected chi connectivity index (χ1v) is 9.16. The molecule has 2 rings (SSSR count). The zero-order valence-corrected chi connectivity index (χ0v) is 13.6. The predicted octanol–water partition coefficient (Wildman–Crippen LogP) is 3.43. The highest BCUT2D eigenvalue weighted by Crippen LogP contribution is 2.32. The summed E-state index contributed by atoms with van der Waals surface area (Å²) in [6.07, 6.45) is 2.76. The summed E-state index contributed by atoms with van der Waals surface area (Å²) in [6.45, 7) is 0.175. The van der Waals surface area contributed by atoms with Crippen molar-refractivity contribution in [2.24, 2.45) is 0 Å². The Balaban J connectivity index is 2.42. The smallest absolute Gasteiger partial charge is 0.207 e. The molecule has 0 spiro atoms. The Kier molecular flexibility index (Phi) is 5.32. The molecule has 0 unspecified atom stereocenters. The van der Waals surface area contributed by atoms with Crippen molar-refractivity contribution in [2.75, 3.05) is 11.9 Å². The number of nitrogens with zero attached hydrogens (tertiary/aromatic N) is 1. The minimum Gasteiger partial charge on any atom is -0.207 e. The molecule has 0 bridgehead atoms. The molecule has 0 heterocycles. The fraction of sp³-hybridized carbons (Fsp3) is 0.538. The minimum absolute atomic E-state index is 0.175. The molecule has 21 heavy (non-hydrogen) atoms. The van der Waals surface area contributed by atoms with Crippen molar-refractivity contribution in [1.82, 2.24) is 4.31 Å². The van der Waals surface area contributed by atoms with E-state index >= 15 is 0 Å². The number of benzene rings is 1. The average molecular weight is 386 g/mol. The molecule has 0 atom stereocenters. The van der Waals surface area contributed by atoms with E-state index in [-0.39, 0.29) is 12.6 Å². The Morgan fingerprint density at radius 3 is 2.19 bits per heavy atom. The lowest BCUT2D eigenvalue weighted by Crippen LogP contribution is -2.45. The first kappa shape index (κ1) is 16.8. The molecule has 0 radical (unpaired) electrons. The van der Waals surface area contributed by atoms with E-state index in [4.69, 9.17) is 0 Å². The Labute approximate surface area is 130 Å². The first-order valence-electron chi connectivity index (χ1n) is 6.60. The van der Waals surface area contributed by atoms with E-state index in [1.165, 1.54) is 0 Å². The van der Waals surface area contributed by atoms with Crippen molar-refractivity contribution in [3.8, 4) is 0 Å². The minimum atomic E-state index is -4.32. The number of sulfonamides is 1. The van der Waals surface area contributed by atoms with Gasteiger partial charge in [-0.25, -0.2) is 21.6 Å². The zero-order valence-electron chi connectivity index (χ0n) is 11.2. The van der Waals surface area contributed by atoms with Gasteiger partial charge in [0.15, 0.2) is 4.90 Å². The second-order valence-corrected chi connectivity index (χ2v) is 7.56. The quantitative estimate of drug-likeness (QED) is 0.703. The van der Waals surface area contributed by atoms with Crippen LogP contribution in [0.1, 0.15) is 25.7 Å². The van der Waals surface area contributed by atoms with E-state index < -0.39 is 32.4 Å². The fourth-order valence-electron chi connectivity index (χ4n) is 2.28. The number of hydrogen-bond donors (Lipinski definition) is 0. The van der Waals surface area contributed by atoms with Crippen LogP contribution >= 0.6 is 15.9 Å². The second kappa shape index (κ2) is 6.66. The summed E-state index contributed by atoms with van der Waals surface area (Å²) in [5.41, 5.74) is 0. The highest BCUT2D eigenvalue weighted by molar-refractivity contribution is 9.09. The summed E-state index contributed by atoms with van der Waals surface area (Å²) in [5.74, 6) is -3.93. The summed E-state index contributed by atoms with van der Waals surface area (Å²) >= 11 is 3.21. The van der Waals surface area contributed by atoms with Gasteiger partial charge in [0.05, 0.1) is 0 Å². The van der Waals surface area contributed by atoms with Crippen molar-refractivity contribution in [3.05, 3.63) is 29.6 Å². The van der Waals surface area contributed by atoms with Crippen molar-refractivity contribution >= 4 is 26.0 Å². The van der Waals surface area contributed by atoms with Crippen molar-refractivity contribution in [1.29, 1.82) is 0 Å². The number of halogens is 4. The lowest BCUT2D eigenvalue weighted by molar-refractivity contribution is 0.219. The van der Waals surface area contributed by atoms with Crippen molar-refractivity contribution in [3.63, 3.8) is 0 Å². The van der Waals surface area contributed by atoms with Crippen LogP contribution in [0.4, 0.5) is 13.2 Å². The number of alkyl halides is 1. The summed E-state index contributed by atoms with van der Waals surface area (Å²) in [6, 6.07) is 0.539. The van der Waals surface area contributed by atoms with Gasteiger partial charge in [-0.1, -0.05) is 22.4 Å². The maximum Gasteiger partial charge on any atom is 0.249 e. The molecule has 3 nitrogen and oxygen atoms in total. The molecule has 1 aliphatic rings. The van der Waals surface area contributed by atoms with Crippen molar-refractivity contribution < 1.29 is 21.6 Å². The van der Waals surface area contributed by atoms with Crippen LogP contribution in [0.15, 0.2) is 17.0 Å². The Morgan fingerprint density at radius 1 is 1.19 bits per heavy atom. The molecule has 0 amide bonds. The van der Waals surface area contributed by atoms with Gasteiger partial charge in [-0.3, -0.25) is 0 Å². The van der Waals surface area contributed by atoms with Gasteiger partial charge in [-0.2, -0.15) is 4.31 Å². The van der Waals surface area contributed by atoms with Crippen LogP contribution < -0.4 is 0 Å². The SMILES string of the molecule is O=S(=O)(c1c(F)cc(F)cc1F)N(CCCBr)C1CCC1.